The molecule has 1 atom stereocenters. The highest BCUT2D eigenvalue weighted by atomic mass is 35.5. The van der Waals surface area contributed by atoms with Gasteiger partial charge in [-0.2, -0.15) is 0 Å². The molecular formula is C28H31ClFN3O5S. The quantitative estimate of drug-likeness (QED) is 0.340. The van der Waals surface area contributed by atoms with Crippen molar-refractivity contribution in [3.63, 3.8) is 0 Å². The van der Waals surface area contributed by atoms with Crippen molar-refractivity contribution < 1.29 is 27.1 Å². The van der Waals surface area contributed by atoms with Gasteiger partial charge < -0.3 is 15.0 Å². The Morgan fingerprint density at radius 3 is 2.13 bits per heavy atom. The van der Waals surface area contributed by atoms with Crippen LogP contribution in [0.1, 0.15) is 25.8 Å². The number of amides is 2. The lowest BCUT2D eigenvalue weighted by Crippen LogP contribution is -2.51. The van der Waals surface area contributed by atoms with Crippen molar-refractivity contribution in [2.75, 3.05) is 24.5 Å². The molecule has 0 saturated heterocycles. The molecule has 0 aliphatic heterocycles. The molecule has 0 aliphatic rings. The van der Waals surface area contributed by atoms with Crippen molar-refractivity contribution in [2.24, 2.45) is 0 Å². The van der Waals surface area contributed by atoms with Gasteiger partial charge in [-0.05, 0) is 79.6 Å². The van der Waals surface area contributed by atoms with E-state index >= 15 is 0 Å². The second-order valence-corrected chi connectivity index (χ2v) is 10.9. The van der Waals surface area contributed by atoms with Gasteiger partial charge in [0.15, 0.2) is 0 Å². The normalized spacial score (nSPS) is 11.9. The van der Waals surface area contributed by atoms with E-state index in [9.17, 15) is 22.4 Å². The first-order chi connectivity index (χ1) is 18.6. The van der Waals surface area contributed by atoms with Gasteiger partial charge in [-0.15, -0.1) is 0 Å². The summed E-state index contributed by atoms with van der Waals surface area (Å²) in [6.45, 7) is 3.40. The molecule has 0 radical (unpaired) electrons. The Morgan fingerprint density at radius 2 is 1.59 bits per heavy atom. The molecule has 0 heterocycles. The molecule has 8 nitrogen and oxygen atoms in total. The molecule has 1 unspecified atom stereocenters. The number of carbonyl (C=O) groups is 2. The number of benzene rings is 3. The number of anilines is 1. The summed E-state index contributed by atoms with van der Waals surface area (Å²) in [5.41, 5.74) is 0.802. The molecule has 208 valence electrons. The van der Waals surface area contributed by atoms with E-state index < -0.39 is 34.3 Å². The van der Waals surface area contributed by atoms with Crippen molar-refractivity contribution in [1.82, 2.24) is 10.2 Å². The number of hydrogen-bond donors (Lipinski definition) is 1. The summed E-state index contributed by atoms with van der Waals surface area (Å²) < 4.78 is 47.6. The van der Waals surface area contributed by atoms with Gasteiger partial charge in [0.05, 0.1) is 17.2 Å². The Morgan fingerprint density at radius 1 is 0.974 bits per heavy atom. The molecule has 0 aliphatic carbocycles. The molecule has 3 aromatic rings. The van der Waals surface area contributed by atoms with Gasteiger partial charge >= 0.3 is 0 Å². The molecule has 0 bridgehead atoms. The Bertz CT molecular complexity index is 1370. The largest absolute Gasteiger partial charge is 0.494 e. The third kappa shape index (κ3) is 7.48. The molecule has 3 aromatic carbocycles. The maximum atomic E-state index is 13.8. The van der Waals surface area contributed by atoms with Crippen LogP contribution in [0.3, 0.4) is 0 Å². The van der Waals surface area contributed by atoms with Crippen LogP contribution < -0.4 is 14.4 Å². The van der Waals surface area contributed by atoms with Crippen LogP contribution in [0.5, 0.6) is 5.75 Å². The summed E-state index contributed by atoms with van der Waals surface area (Å²) >= 11 is 6.00. The first-order valence-electron chi connectivity index (χ1n) is 12.4. The van der Waals surface area contributed by atoms with E-state index in [0.29, 0.717) is 29.4 Å². The fraction of sp³-hybridized carbons (Fsp3) is 0.286. The average molecular weight is 576 g/mol. The summed E-state index contributed by atoms with van der Waals surface area (Å²) in [5, 5.41) is 3.08. The second-order valence-electron chi connectivity index (χ2n) is 8.58. The fourth-order valence-electron chi connectivity index (χ4n) is 4.01. The SMILES string of the molecule is CCOc1ccc(S(=O)(=O)N(CC(=O)N(Cc2ccc(Cl)cc2)C(CC)C(=O)NC)c2ccc(F)cc2)cc1. The van der Waals surface area contributed by atoms with Crippen LogP contribution in [-0.4, -0.2) is 51.4 Å². The van der Waals surface area contributed by atoms with Crippen molar-refractivity contribution in [3.8, 4) is 5.75 Å². The van der Waals surface area contributed by atoms with Gasteiger partial charge in [-0.3, -0.25) is 13.9 Å². The zero-order valence-electron chi connectivity index (χ0n) is 21.9. The molecule has 2 amide bonds. The molecule has 1 N–H and O–H groups in total. The van der Waals surface area contributed by atoms with Crippen molar-refractivity contribution in [2.45, 2.75) is 37.8 Å². The van der Waals surface area contributed by atoms with E-state index in [-0.39, 0.29) is 23.0 Å². The molecule has 3 rings (SSSR count). The van der Waals surface area contributed by atoms with E-state index in [2.05, 4.69) is 5.32 Å². The molecular weight excluding hydrogens is 545 g/mol. The van der Waals surface area contributed by atoms with Crippen LogP contribution in [0.4, 0.5) is 10.1 Å². The highest BCUT2D eigenvalue weighted by Gasteiger charge is 2.33. The minimum absolute atomic E-state index is 0.0439. The fourth-order valence-corrected chi connectivity index (χ4v) is 5.55. The smallest absolute Gasteiger partial charge is 0.264 e. The first-order valence-corrected chi connectivity index (χ1v) is 14.2. The van der Waals surface area contributed by atoms with E-state index in [1.54, 1.807) is 31.2 Å². The molecule has 39 heavy (non-hydrogen) atoms. The van der Waals surface area contributed by atoms with Crippen molar-refractivity contribution in [3.05, 3.63) is 89.2 Å². The lowest BCUT2D eigenvalue weighted by atomic mass is 10.1. The third-order valence-corrected chi connectivity index (χ3v) is 8.05. The van der Waals surface area contributed by atoms with Crippen molar-refractivity contribution >= 4 is 39.1 Å². The number of hydrogen-bond acceptors (Lipinski definition) is 5. The van der Waals surface area contributed by atoms with Crippen molar-refractivity contribution in [1.29, 1.82) is 0 Å². The summed E-state index contributed by atoms with van der Waals surface area (Å²) in [5.74, 6) is -1.06. The third-order valence-electron chi connectivity index (χ3n) is 6.01. The van der Waals surface area contributed by atoms with Gasteiger partial charge in [0.2, 0.25) is 11.8 Å². The average Bonchev–Trinajstić information content (AvgIpc) is 2.93. The lowest BCUT2D eigenvalue weighted by Gasteiger charge is -2.33. The van der Waals surface area contributed by atoms with Gasteiger partial charge in [-0.1, -0.05) is 30.7 Å². The van der Waals surface area contributed by atoms with E-state index in [4.69, 9.17) is 16.3 Å². The number of sulfonamides is 1. The second kappa shape index (κ2) is 13.4. The maximum absolute atomic E-state index is 13.8. The lowest BCUT2D eigenvalue weighted by molar-refractivity contribution is -0.140. The summed E-state index contributed by atoms with van der Waals surface area (Å²) in [7, 11) is -2.80. The number of halogens is 2. The van der Waals surface area contributed by atoms with Crippen LogP contribution in [-0.2, 0) is 26.2 Å². The Labute approximate surface area is 233 Å². The van der Waals surface area contributed by atoms with Crippen LogP contribution in [0, 0.1) is 5.82 Å². The minimum atomic E-state index is -4.27. The van der Waals surface area contributed by atoms with Gasteiger partial charge in [-0.25, -0.2) is 12.8 Å². The standard InChI is InChI=1S/C28H31ClFN3O5S/c1-4-26(28(35)31-3)32(18-20-6-8-21(29)9-7-20)27(34)19-33(23-12-10-22(30)11-13-23)39(36,37)25-16-14-24(15-17-25)38-5-2/h6-17,26H,4-5,18-19H2,1-3H3,(H,31,35). The maximum Gasteiger partial charge on any atom is 0.264 e. The molecule has 11 heteroatoms. The number of nitrogens with zero attached hydrogens (tertiary/aromatic N) is 2. The molecule has 0 fully saturated rings. The topological polar surface area (TPSA) is 96.0 Å². The highest BCUT2D eigenvalue weighted by molar-refractivity contribution is 7.92. The Balaban J connectivity index is 2.03. The Hall–Kier alpha value is -3.63. The number of carbonyl (C=O) groups excluding carboxylic acids is 2. The number of nitrogens with one attached hydrogen (secondary N) is 1. The van der Waals surface area contributed by atoms with Crippen LogP contribution in [0.25, 0.3) is 0 Å². The summed E-state index contributed by atoms with van der Waals surface area (Å²) in [4.78, 5) is 27.8. The van der Waals surface area contributed by atoms with E-state index in [1.165, 1.54) is 48.3 Å². The zero-order chi connectivity index (χ0) is 28.6. The predicted molar refractivity (Wildman–Crippen MR) is 149 cm³/mol. The van der Waals surface area contributed by atoms with E-state index in [1.807, 2.05) is 6.92 Å². The zero-order valence-corrected chi connectivity index (χ0v) is 23.5. The van der Waals surface area contributed by atoms with Crippen LogP contribution in [0.2, 0.25) is 5.02 Å². The summed E-state index contributed by atoms with van der Waals surface area (Å²) in [6.07, 6.45) is 0.293. The van der Waals surface area contributed by atoms with Gasteiger partial charge in [0, 0.05) is 18.6 Å². The first kappa shape index (κ1) is 29.9. The van der Waals surface area contributed by atoms with Gasteiger partial charge in [0.1, 0.15) is 24.2 Å². The molecule has 0 spiro atoms. The van der Waals surface area contributed by atoms with Gasteiger partial charge in [0.25, 0.3) is 10.0 Å². The monoisotopic (exact) mass is 575 g/mol. The van der Waals surface area contributed by atoms with Crippen LogP contribution >= 0.6 is 11.6 Å². The number of likely N-dealkylation sites (N-methyl/N-ethyl adjacent to an activating group) is 1. The Kier molecular flexibility index (Phi) is 10.3. The molecule has 0 saturated carbocycles. The highest BCUT2D eigenvalue weighted by Crippen LogP contribution is 2.26. The number of rotatable bonds is 12. The van der Waals surface area contributed by atoms with Crippen LogP contribution in [0.15, 0.2) is 77.7 Å². The minimum Gasteiger partial charge on any atom is -0.494 e. The van der Waals surface area contributed by atoms with E-state index in [0.717, 1.165) is 16.4 Å². The molecule has 0 aromatic heterocycles. The summed E-state index contributed by atoms with van der Waals surface area (Å²) in [6, 6.07) is 16.5. The predicted octanol–water partition coefficient (Wildman–Crippen LogP) is 4.63. The number of ether oxygens (including phenoxy) is 1.